The van der Waals surface area contributed by atoms with Gasteiger partial charge < -0.3 is 10.5 Å². The SMILES string of the molecule is Cc1nc(-c2cccc(OC(F)(F)F)c2)sc1C(C)N. The Morgan fingerprint density at radius 3 is 2.60 bits per heavy atom. The highest BCUT2D eigenvalue weighted by Crippen LogP contribution is 2.33. The molecule has 7 heteroatoms. The first-order chi connectivity index (χ1) is 9.26. The van der Waals surface area contributed by atoms with E-state index in [1.165, 1.54) is 29.5 Å². The van der Waals surface area contributed by atoms with Gasteiger partial charge in [-0.05, 0) is 26.0 Å². The number of rotatable bonds is 3. The standard InChI is InChI=1S/C13H13F3N2OS/c1-7(17)11-8(2)18-12(20-11)9-4-3-5-10(6-9)19-13(14,15)16/h3-7H,17H2,1-2H3. The van der Waals surface area contributed by atoms with E-state index in [0.717, 1.165) is 10.6 Å². The fourth-order valence-corrected chi connectivity index (χ4v) is 2.80. The van der Waals surface area contributed by atoms with Crippen LogP contribution in [0.4, 0.5) is 13.2 Å². The molecule has 2 N–H and O–H groups in total. The fourth-order valence-electron chi connectivity index (χ4n) is 1.78. The molecule has 1 aromatic carbocycles. The van der Waals surface area contributed by atoms with Gasteiger partial charge in [0.25, 0.3) is 0 Å². The van der Waals surface area contributed by atoms with Crippen LogP contribution < -0.4 is 10.5 Å². The molecule has 0 saturated carbocycles. The van der Waals surface area contributed by atoms with Crippen LogP contribution in [0, 0.1) is 6.92 Å². The number of alkyl halides is 3. The van der Waals surface area contributed by atoms with Crippen LogP contribution in [-0.4, -0.2) is 11.3 Å². The topological polar surface area (TPSA) is 48.1 Å². The summed E-state index contributed by atoms with van der Waals surface area (Å²) in [6, 6.07) is 5.60. The number of halogens is 3. The molecule has 0 amide bonds. The number of hydrogen-bond acceptors (Lipinski definition) is 4. The summed E-state index contributed by atoms with van der Waals surface area (Å²) in [7, 11) is 0. The Kier molecular flexibility index (Phi) is 4.01. The molecule has 108 valence electrons. The molecule has 1 heterocycles. The third-order valence-corrected chi connectivity index (χ3v) is 3.97. The monoisotopic (exact) mass is 302 g/mol. The lowest BCUT2D eigenvalue weighted by atomic mass is 10.2. The van der Waals surface area contributed by atoms with Gasteiger partial charge in [0.2, 0.25) is 0 Å². The van der Waals surface area contributed by atoms with E-state index in [1.807, 2.05) is 13.8 Å². The van der Waals surface area contributed by atoms with Gasteiger partial charge >= 0.3 is 6.36 Å². The molecule has 0 aliphatic heterocycles. The van der Waals surface area contributed by atoms with Gasteiger partial charge in [0, 0.05) is 16.5 Å². The minimum Gasteiger partial charge on any atom is -0.406 e. The fraction of sp³-hybridized carbons (Fsp3) is 0.308. The van der Waals surface area contributed by atoms with Gasteiger partial charge in [-0.1, -0.05) is 12.1 Å². The highest BCUT2D eigenvalue weighted by atomic mass is 32.1. The first-order valence-corrected chi connectivity index (χ1v) is 6.67. The number of ether oxygens (including phenoxy) is 1. The molecule has 1 aromatic heterocycles. The Morgan fingerprint density at radius 2 is 2.05 bits per heavy atom. The van der Waals surface area contributed by atoms with Crippen molar-refractivity contribution in [2.45, 2.75) is 26.3 Å². The van der Waals surface area contributed by atoms with Crippen LogP contribution in [0.25, 0.3) is 10.6 Å². The largest absolute Gasteiger partial charge is 0.573 e. The van der Waals surface area contributed by atoms with Gasteiger partial charge in [-0.25, -0.2) is 4.98 Å². The van der Waals surface area contributed by atoms with E-state index in [4.69, 9.17) is 5.73 Å². The van der Waals surface area contributed by atoms with Crippen molar-refractivity contribution in [2.24, 2.45) is 5.73 Å². The first-order valence-electron chi connectivity index (χ1n) is 5.85. The van der Waals surface area contributed by atoms with Gasteiger partial charge in [-0.15, -0.1) is 24.5 Å². The lowest BCUT2D eigenvalue weighted by Gasteiger charge is -2.09. The lowest BCUT2D eigenvalue weighted by molar-refractivity contribution is -0.274. The summed E-state index contributed by atoms with van der Waals surface area (Å²) < 4.78 is 40.5. The molecule has 1 unspecified atom stereocenters. The molecule has 0 spiro atoms. The molecule has 0 saturated heterocycles. The second kappa shape index (κ2) is 5.41. The van der Waals surface area contributed by atoms with Crippen molar-refractivity contribution in [1.82, 2.24) is 4.98 Å². The second-order valence-corrected chi connectivity index (χ2v) is 5.36. The van der Waals surface area contributed by atoms with Crippen molar-refractivity contribution in [3.63, 3.8) is 0 Å². The smallest absolute Gasteiger partial charge is 0.406 e. The molecule has 2 aromatic rings. The summed E-state index contributed by atoms with van der Waals surface area (Å²) >= 11 is 1.37. The van der Waals surface area contributed by atoms with Gasteiger partial charge in [-0.2, -0.15) is 0 Å². The quantitative estimate of drug-likeness (QED) is 0.931. The third kappa shape index (κ3) is 3.49. The van der Waals surface area contributed by atoms with Crippen LogP contribution in [-0.2, 0) is 0 Å². The van der Waals surface area contributed by atoms with Crippen molar-refractivity contribution >= 4 is 11.3 Å². The maximum atomic E-state index is 12.2. The van der Waals surface area contributed by atoms with E-state index in [-0.39, 0.29) is 11.8 Å². The van der Waals surface area contributed by atoms with Crippen molar-refractivity contribution in [3.05, 3.63) is 34.8 Å². The van der Waals surface area contributed by atoms with Crippen LogP contribution in [0.5, 0.6) is 5.75 Å². The predicted molar refractivity (Wildman–Crippen MR) is 71.6 cm³/mol. The Labute approximate surface area is 118 Å². The van der Waals surface area contributed by atoms with Crippen LogP contribution in [0.2, 0.25) is 0 Å². The highest BCUT2D eigenvalue weighted by molar-refractivity contribution is 7.15. The normalized spacial score (nSPS) is 13.3. The molecular formula is C13H13F3N2OS. The number of nitrogens with two attached hydrogens (primary N) is 1. The van der Waals surface area contributed by atoms with Gasteiger partial charge in [0.15, 0.2) is 0 Å². The molecule has 0 fully saturated rings. The van der Waals surface area contributed by atoms with E-state index in [0.29, 0.717) is 10.6 Å². The number of benzene rings is 1. The minimum absolute atomic E-state index is 0.157. The first kappa shape index (κ1) is 14.8. The van der Waals surface area contributed by atoms with Crippen LogP contribution in [0.1, 0.15) is 23.5 Å². The Balaban J connectivity index is 2.34. The summed E-state index contributed by atoms with van der Waals surface area (Å²) in [4.78, 5) is 5.26. The second-order valence-electron chi connectivity index (χ2n) is 4.33. The van der Waals surface area contributed by atoms with Crippen molar-refractivity contribution in [1.29, 1.82) is 0 Å². The summed E-state index contributed by atoms with van der Waals surface area (Å²) in [6.45, 7) is 3.67. The van der Waals surface area contributed by atoms with Gasteiger partial charge in [0.1, 0.15) is 10.8 Å². The van der Waals surface area contributed by atoms with E-state index in [9.17, 15) is 13.2 Å². The van der Waals surface area contributed by atoms with E-state index < -0.39 is 6.36 Å². The number of aromatic nitrogens is 1. The minimum atomic E-state index is -4.70. The van der Waals surface area contributed by atoms with Crippen LogP contribution in [0.3, 0.4) is 0 Å². The van der Waals surface area contributed by atoms with Crippen LogP contribution in [0.15, 0.2) is 24.3 Å². The summed E-state index contributed by atoms with van der Waals surface area (Å²) in [5.41, 5.74) is 7.19. The molecule has 0 aliphatic carbocycles. The summed E-state index contributed by atoms with van der Waals surface area (Å²) in [5.74, 6) is -0.259. The van der Waals surface area contributed by atoms with E-state index >= 15 is 0 Å². The zero-order valence-electron chi connectivity index (χ0n) is 10.9. The third-order valence-electron chi connectivity index (χ3n) is 2.56. The van der Waals surface area contributed by atoms with Crippen molar-refractivity contribution in [2.75, 3.05) is 0 Å². The highest BCUT2D eigenvalue weighted by Gasteiger charge is 2.31. The lowest BCUT2D eigenvalue weighted by Crippen LogP contribution is -2.17. The molecule has 20 heavy (non-hydrogen) atoms. The molecular weight excluding hydrogens is 289 g/mol. The maximum absolute atomic E-state index is 12.2. The Morgan fingerprint density at radius 1 is 1.35 bits per heavy atom. The number of aryl methyl sites for hydroxylation is 1. The van der Waals surface area contributed by atoms with Crippen molar-refractivity contribution in [3.8, 4) is 16.3 Å². The molecule has 0 radical (unpaired) electrons. The Bertz CT molecular complexity index is 608. The van der Waals surface area contributed by atoms with Gasteiger partial charge in [0.05, 0.1) is 5.69 Å². The van der Waals surface area contributed by atoms with Gasteiger partial charge in [-0.3, -0.25) is 0 Å². The average Bonchev–Trinajstić information content (AvgIpc) is 2.69. The summed E-state index contributed by atoms with van der Waals surface area (Å²) in [6.07, 6.45) is -4.70. The van der Waals surface area contributed by atoms with Crippen LogP contribution >= 0.6 is 11.3 Å². The van der Waals surface area contributed by atoms with Crippen molar-refractivity contribution < 1.29 is 17.9 Å². The molecule has 3 nitrogen and oxygen atoms in total. The Hall–Kier alpha value is -1.60. The predicted octanol–water partition coefficient (Wildman–Crippen LogP) is 4.04. The number of nitrogens with zero attached hydrogens (tertiary/aromatic N) is 1. The average molecular weight is 302 g/mol. The molecule has 2 rings (SSSR count). The number of thiazole rings is 1. The molecule has 1 atom stereocenters. The maximum Gasteiger partial charge on any atom is 0.573 e. The zero-order valence-corrected chi connectivity index (χ0v) is 11.7. The number of hydrogen-bond donors (Lipinski definition) is 1. The molecule has 0 aliphatic rings. The molecule has 0 bridgehead atoms. The zero-order chi connectivity index (χ0) is 14.9. The van der Waals surface area contributed by atoms with E-state index in [1.54, 1.807) is 6.07 Å². The van der Waals surface area contributed by atoms with E-state index in [2.05, 4.69) is 9.72 Å². The summed E-state index contributed by atoms with van der Waals surface area (Å²) in [5, 5.41) is 0.627.